The van der Waals surface area contributed by atoms with E-state index in [0.29, 0.717) is 5.92 Å². The van der Waals surface area contributed by atoms with Crippen molar-refractivity contribution < 1.29 is 13.2 Å². The molecule has 0 aliphatic heterocycles. The molecule has 1 N–H and O–H groups in total. The van der Waals surface area contributed by atoms with E-state index < -0.39 is 10.0 Å². The largest absolute Gasteiger partial charge is 0.311 e. The van der Waals surface area contributed by atoms with Crippen LogP contribution in [0.5, 0.6) is 0 Å². The van der Waals surface area contributed by atoms with Crippen LogP contribution in [0.25, 0.3) is 0 Å². The molecular weight excluding hydrogens is 348 g/mol. The number of amides is 1. The molecule has 0 heterocycles. The molecule has 140 valence electrons. The fraction of sp³-hybridized carbons (Fsp3) is 0.350. The van der Waals surface area contributed by atoms with E-state index in [9.17, 15) is 13.2 Å². The Labute approximate surface area is 156 Å². The Hall–Kier alpha value is -2.18. The topological polar surface area (TPSA) is 66.5 Å². The molecule has 1 amide bonds. The van der Waals surface area contributed by atoms with Crippen LogP contribution in [0.4, 0.5) is 5.69 Å². The normalized spacial score (nSPS) is 11.6. The first kappa shape index (κ1) is 20.1. The van der Waals surface area contributed by atoms with Crippen LogP contribution in [0.15, 0.2) is 53.4 Å². The molecule has 2 rings (SSSR count). The Balaban J connectivity index is 2.06. The second-order valence-corrected chi connectivity index (χ2v) is 8.35. The van der Waals surface area contributed by atoms with Gasteiger partial charge in [-0.05, 0) is 42.2 Å². The lowest BCUT2D eigenvalue weighted by Gasteiger charge is -2.23. The molecule has 5 nitrogen and oxygen atoms in total. The first-order chi connectivity index (χ1) is 12.2. The lowest BCUT2D eigenvalue weighted by Crippen LogP contribution is -2.37. The minimum absolute atomic E-state index is 0.125. The van der Waals surface area contributed by atoms with Crippen molar-refractivity contribution in [1.82, 2.24) is 4.72 Å². The van der Waals surface area contributed by atoms with Crippen LogP contribution in [-0.2, 0) is 14.8 Å². The van der Waals surface area contributed by atoms with E-state index in [2.05, 4.69) is 18.6 Å². The van der Waals surface area contributed by atoms with Crippen molar-refractivity contribution in [2.75, 3.05) is 18.0 Å². The zero-order chi connectivity index (χ0) is 19.3. The second-order valence-electron chi connectivity index (χ2n) is 6.58. The van der Waals surface area contributed by atoms with E-state index in [-0.39, 0.29) is 23.9 Å². The van der Waals surface area contributed by atoms with Crippen LogP contribution >= 0.6 is 0 Å². The molecular formula is C20H26N2O3S. The van der Waals surface area contributed by atoms with Crippen molar-refractivity contribution in [3.63, 3.8) is 0 Å². The highest BCUT2D eigenvalue weighted by Gasteiger charge is 2.17. The van der Waals surface area contributed by atoms with Gasteiger partial charge in [0, 0.05) is 25.7 Å². The lowest BCUT2D eigenvalue weighted by atomic mass is 10.0. The van der Waals surface area contributed by atoms with Crippen LogP contribution < -0.4 is 9.62 Å². The minimum Gasteiger partial charge on any atom is -0.311 e. The maximum Gasteiger partial charge on any atom is 0.240 e. The molecule has 0 aliphatic carbocycles. The molecule has 6 heteroatoms. The first-order valence-electron chi connectivity index (χ1n) is 8.65. The number of hydrogen-bond donors (Lipinski definition) is 1. The van der Waals surface area contributed by atoms with Crippen LogP contribution in [0, 0.1) is 6.92 Å². The number of benzene rings is 2. The van der Waals surface area contributed by atoms with E-state index in [0.717, 1.165) is 16.8 Å². The van der Waals surface area contributed by atoms with Gasteiger partial charge in [-0.2, -0.15) is 0 Å². The monoisotopic (exact) mass is 374 g/mol. The van der Waals surface area contributed by atoms with Crippen molar-refractivity contribution >= 4 is 21.6 Å². The average molecular weight is 375 g/mol. The molecule has 2 aromatic rings. The molecule has 0 atom stereocenters. The van der Waals surface area contributed by atoms with E-state index >= 15 is 0 Å². The molecule has 0 saturated carbocycles. The summed E-state index contributed by atoms with van der Waals surface area (Å²) in [6.07, 6.45) is 0. The zero-order valence-electron chi connectivity index (χ0n) is 15.7. The number of para-hydroxylation sites is 1. The number of carbonyl (C=O) groups excluding carboxylic acids is 1. The van der Waals surface area contributed by atoms with Gasteiger partial charge in [-0.3, -0.25) is 4.79 Å². The summed E-state index contributed by atoms with van der Waals surface area (Å²) in [4.78, 5) is 13.8. The fourth-order valence-electron chi connectivity index (χ4n) is 2.72. The Morgan fingerprint density at radius 2 is 1.69 bits per heavy atom. The van der Waals surface area contributed by atoms with E-state index in [4.69, 9.17) is 0 Å². The van der Waals surface area contributed by atoms with Crippen molar-refractivity contribution in [3.05, 3.63) is 59.7 Å². The quantitative estimate of drug-likeness (QED) is 0.807. The lowest BCUT2D eigenvalue weighted by molar-refractivity contribution is -0.116. The van der Waals surface area contributed by atoms with Crippen LogP contribution in [0.1, 0.15) is 37.8 Å². The van der Waals surface area contributed by atoms with Gasteiger partial charge in [0.05, 0.1) is 4.90 Å². The Bertz CT molecular complexity index is 859. The van der Waals surface area contributed by atoms with Gasteiger partial charge in [-0.15, -0.1) is 0 Å². The fourth-order valence-corrected chi connectivity index (χ4v) is 3.74. The smallest absolute Gasteiger partial charge is 0.240 e. The molecule has 0 bridgehead atoms. The third-order valence-corrected chi connectivity index (χ3v) is 5.75. The minimum atomic E-state index is -3.60. The SMILES string of the molecule is CC(=O)N(CCNS(=O)(=O)c1ccc(C(C)C)cc1)c1ccccc1C. The Morgan fingerprint density at radius 3 is 2.23 bits per heavy atom. The second kappa shape index (κ2) is 8.47. The average Bonchev–Trinajstić information content (AvgIpc) is 2.59. The first-order valence-corrected chi connectivity index (χ1v) is 10.1. The zero-order valence-corrected chi connectivity index (χ0v) is 16.5. The number of rotatable bonds is 7. The molecule has 26 heavy (non-hydrogen) atoms. The number of carbonyl (C=O) groups is 1. The third-order valence-electron chi connectivity index (χ3n) is 4.27. The Morgan fingerprint density at radius 1 is 1.08 bits per heavy atom. The maximum atomic E-state index is 12.5. The predicted molar refractivity (Wildman–Crippen MR) is 105 cm³/mol. The number of nitrogens with one attached hydrogen (secondary N) is 1. The van der Waals surface area contributed by atoms with Gasteiger partial charge in [0.2, 0.25) is 15.9 Å². The number of hydrogen-bond acceptors (Lipinski definition) is 3. The predicted octanol–water partition coefficient (Wildman–Crippen LogP) is 3.45. The third kappa shape index (κ3) is 4.93. The summed E-state index contributed by atoms with van der Waals surface area (Å²) >= 11 is 0. The highest BCUT2D eigenvalue weighted by Crippen LogP contribution is 2.20. The molecule has 0 spiro atoms. The standard InChI is InChI=1S/C20H26N2O3S/c1-15(2)18-9-11-19(12-10-18)26(24,25)21-13-14-22(17(4)23)20-8-6-5-7-16(20)3/h5-12,15,21H,13-14H2,1-4H3. The highest BCUT2D eigenvalue weighted by atomic mass is 32.2. The van der Waals surface area contributed by atoms with Gasteiger partial charge in [0.25, 0.3) is 0 Å². The molecule has 0 unspecified atom stereocenters. The van der Waals surface area contributed by atoms with Gasteiger partial charge < -0.3 is 4.90 Å². The summed E-state index contributed by atoms with van der Waals surface area (Å²) in [7, 11) is -3.60. The molecule has 0 radical (unpaired) electrons. The van der Waals surface area contributed by atoms with Crippen molar-refractivity contribution in [3.8, 4) is 0 Å². The van der Waals surface area contributed by atoms with Crippen molar-refractivity contribution in [2.45, 2.75) is 38.5 Å². The Kier molecular flexibility index (Phi) is 6.56. The number of aryl methyl sites for hydroxylation is 1. The molecule has 0 fully saturated rings. The highest BCUT2D eigenvalue weighted by molar-refractivity contribution is 7.89. The van der Waals surface area contributed by atoms with Crippen molar-refractivity contribution in [1.29, 1.82) is 0 Å². The molecule has 2 aromatic carbocycles. The van der Waals surface area contributed by atoms with Gasteiger partial charge in [-0.25, -0.2) is 13.1 Å². The van der Waals surface area contributed by atoms with Crippen molar-refractivity contribution in [2.24, 2.45) is 0 Å². The van der Waals surface area contributed by atoms with Crippen LogP contribution in [0.2, 0.25) is 0 Å². The van der Waals surface area contributed by atoms with Gasteiger partial charge in [0.15, 0.2) is 0 Å². The molecule has 0 saturated heterocycles. The summed E-state index contributed by atoms with van der Waals surface area (Å²) in [6, 6.07) is 14.4. The van der Waals surface area contributed by atoms with E-state index in [1.165, 1.54) is 6.92 Å². The van der Waals surface area contributed by atoms with Gasteiger partial charge >= 0.3 is 0 Å². The summed E-state index contributed by atoms with van der Waals surface area (Å²) in [5.41, 5.74) is 2.85. The summed E-state index contributed by atoms with van der Waals surface area (Å²) in [5.74, 6) is 0.220. The van der Waals surface area contributed by atoms with Gasteiger partial charge in [0.1, 0.15) is 0 Å². The number of sulfonamides is 1. The summed E-state index contributed by atoms with van der Waals surface area (Å²) in [6.45, 7) is 7.93. The maximum absolute atomic E-state index is 12.5. The van der Waals surface area contributed by atoms with E-state index in [1.54, 1.807) is 17.0 Å². The summed E-state index contributed by atoms with van der Waals surface area (Å²) < 4.78 is 27.5. The van der Waals surface area contributed by atoms with Gasteiger partial charge in [-0.1, -0.05) is 44.2 Å². The van der Waals surface area contributed by atoms with E-state index in [1.807, 2.05) is 43.3 Å². The van der Waals surface area contributed by atoms with Crippen LogP contribution in [0.3, 0.4) is 0 Å². The molecule has 0 aliphatic rings. The number of nitrogens with zero attached hydrogens (tertiary/aromatic N) is 1. The molecule has 0 aromatic heterocycles. The van der Waals surface area contributed by atoms with Crippen LogP contribution in [-0.4, -0.2) is 27.4 Å². The summed E-state index contributed by atoms with van der Waals surface area (Å²) in [5, 5.41) is 0. The number of anilines is 1.